The van der Waals surface area contributed by atoms with Gasteiger partial charge in [0.15, 0.2) is 0 Å². The molecule has 0 bridgehead atoms. The zero-order valence-electron chi connectivity index (χ0n) is 16.0. The molecule has 0 heterocycles. The van der Waals surface area contributed by atoms with Crippen LogP contribution < -0.4 is 24.8 Å². The van der Waals surface area contributed by atoms with Crippen LogP contribution in [0.15, 0.2) is 42.5 Å². The van der Waals surface area contributed by atoms with Crippen molar-refractivity contribution in [3.8, 4) is 0 Å². The van der Waals surface area contributed by atoms with Gasteiger partial charge in [-0.2, -0.15) is 41.0 Å². The van der Waals surface area contributed by atoms with E-state index in [9.17, 15) is 0 Å². The summed E-state index contributed by atoms with van der Waals surface area (Å²) in [6.07, 6.45) is 2.40. The van der Waals surface area contributed by atoms with E-state index < -0.39 is 0 Å². The molecule has 4 heteroatoms. The van der Waals surface area contributed by atoms with Crippen LogP contribution in [0.2, 0.25) is 0 Å². The molecule has 0 aromatic heterocycles. The van der Waals surface area contributed by atoms with Crippen molar-refractivity contribution < 1.29 is 48.1 Å². The first-order valence-electron chi connectivity index (χ1n) is 8.05. The minimum absolute atomic E-state index is 0. The molecular formula is C20H32Cl2SiZr-2. The fourth-order valence-electron chi connectivity index (χ4n) is 2.45. The van der Waals surface area contributed by atoms with Crippen molar-refractivity contribution in [2.24, 2.45) is 11.3 Å². The van der Waals surface area contributed by atoms with Crippen LogP contribution in [-0.2, 0) is 36.2 Å². The van der Waals surface area contributed by atoms with E-state index in [0.717, 1.165) is 5.92 Å². The number of rotatable bonds is 3. The topological polar surface area (TPSA) is 0 Å². The van der Waals surface area contributed by atoms with Crippen LogP contribution in [0.3, 0.4) is 0 Å². The third-order valence-electron chi connectivity index (χ3n) is 3.19. The summed E-state index contributed by atoms with van der Waals surface area (Å²) in [5.41, 5.74) is 4.93. The minimum atomic E-state index is 0. The number of aryl methyl sites for hydroxylation is 1. The Labute approximate surface area is 178 Å². The summed E-state index contributed by atoms with van der Waals surface area (Å²) in [5, 5.41) is 0. The van der Waals surface area contributed by atoms with Crippen molar-refractivity contribution in [3.05, 3.63) is 59.2 Å². The van der Waals surface area contributed by atoms with Crippen LogP contribution >= 0.6 is 0 Å². The predicted molar refractivity (Wildman–Crippen MR) is 99.1 cm³/mol. The largest absolute Gasteiger partial charge is 0.214 e. The van der Waals surface area contributed by atoms with Crippen molar-refractivity contribution in [2.45, 2.75) is 54.4 Å². The van der Waals surface area contributed by atoms with E-state index in [2.05, 4.69) is 53.7 Å². The van der Waals surface area contributed by atoms with E-state index in [4.69, 9.17) is 0 Å². The van der Waals surface area contributed by atoms with E-state index >= 15 is 0 Å². The summed E-state index contributed by atoms with van der Waals surface area (Å²) in [6.45, 7) is 15.7. The SMILES string of the molecule is Cc1[cH-]c(CC(C)(C)C)cc1CC(C)C.[Cl-].[Cl-].[SiH2]=[Zr+2].c1cc[cH-]c1. The molecule has 0 nitrogen and oxygen atoms in total. The van der Waals surface area contributed by atoms with Crippen molar-refractivity contribution in [1.29, 1.82) is 0 Å². The molecule has 0 spiro atoms. The second kappa shape index (κ2) is 15.6. The van der Waals surface area contributed by atoms with E-state index in [1.165, 1.54) is 24.0 Å². The smallest absolute Gasteiger partial charge is 0.172 e. The molecule has 0 saturated heterocycles. The molecule has 2 rings (SSSR count). The Morgan fingerprint density at radius 3 is 1.92 bits per heavy atom. The monoisotopic (exact) mass is 460 g/mol. The van der Waals surface area contributed by atoms with Gasteiger partial charge < -0.3 is 24.8 Å². The first-order chi connectivity index (χ1) is 10.3. The van der Waals surface area contributed by atoms with Crippen LogP contribution in [-0.4, -0.2) is 6.88 Å². The third-order valence-corrected chi connectivity index (χ3v) is 3.19. The Hall–Kier alpha value is 0.380. The van der Waals surface area contributed by atoms with Gasteiger partial charge in [0.25, 0.3) is 0 Å². The van der Waals surface area contributed by atoms with Gasteiger partial charge in [-0.25, -0.2) is 18.2 Å². The van der Waals surface area contributed by atoms with Crippen molar-refractivity contribution in [3.63, 3.8) is 0 Å². The van der Waals surface area contributed by atoms with Gasteiger partial charge in [0.2, 0.25) is 0 Å². The zero-order chi connectivity index (χ0) is 17.2. The van der Waals surface area contributed by atoms with E-state index in [-0.39, 0.29) is 24.8 Å². The van der Waals surface area contributed by atoms with Crippen molar-refractivity contribution in [1.82, 2.24) is 0 Å². The van der Waals surface area contributed by atoms with Gasteiger partial charge in [0.1, 0.15) is 0 Å². The molecule has 0 N–H and O–H groups in total. The summed E-state index contributed by atoms with van der Waals surface area (Å²) in [6, 6.07) is 14.8. The molecule has 0 radical (unpaired) electrons. The fourth-order valence-corrected chi connectivity index (χ4v) is 2.45. The molecule has 0 saturated carbocycles. The summed E-state index contributed by atoms with van der Waals surface area (Å²) >= 11 is 1.58. The van der Waals surface area contributed by atoms with E-state index in [1.54, 1.807) is 28.9 Å². The summed E-state index contributed by atoms with van der Waals surface area (Å²) in [5.74, 6) is 0.758. The summed E-state index contributed by atoms with van der Waals surface area (Å²) in [4.78, 5) is 0. The van der Waals surface area contributed by atoms with Crippen LogP contribution in [0.4, 0.5) is 0 Å². The summed E-state index contributed by atoms with van der Waals surface area (Å²) < 4.78 is 0. The summed E-state index contributed by atoms with van der Waals surface area (Å²) in [7, 11) is 0. The average Bonchev–Trinajstić information content (AvgIpc) is 3.04. The van der Waals surface area contributed by atoms with Crippen molar-refractivity contribution >= 4 is 6.88 Å². The second-order valence-electron chi connectivity index (χ2n) is 7.37. The predicted octanol–water partition coefficient (Wildman–Crippen LogP) is -1.00. The molecule has 0 amide bonds. The Morgan fingerprint density at radius 1 is 1.08 bits per heavy atom. The first kappa shape index (κ1) is 29.2. The van der Waals surface area contributed by atoms with Crippen LogP contribution in [0.1, 0.15) is 51.3 Å². The maximum Gasteiger partial charge on any atom is -0.172 e. The Morgan fingerprint density at radius 2 is 1.58 bits per heavy atom. The van der Waals surface area contributed by atoms with Gasteiger partial charge in [-0.05, 0) is 11.8 Å². The molecule has 0 aliphatic rings. The van der Waals surface area contributed by atoms with Gasteiger partial charge in [-0.15, -0.1) is 0 Å². The molecule has 2 aromatic rings. The zero-order valence-corrected chi connectivity index (χ0v) is 21.4. The quantitative estimate of drug-likeness (QED) is 0.405. The fraction of sp³-hybridized carbons (Fsp3) is 0.500. The third kappa shape index (κ3) is 14.7. The standard InChI is InChI=1S/C15H25.C5H5.2ClH.H2Si.Zr/c1-11(2)7-14-9-13(8-12(14)3)10-15(4,5)6;1-2-4-5-3-1;;;;/h8-9,11H,7,10H2,1-6H3;1-5H;2*1H;1H2;/q2*-1;;;;+2/p-2. The molecule has 136 valence electrons. The molecule has 0 unspecified atom stereocenters. The van der Waals surface area contributed by atoms with Gasteiger partial charge >= 0.3 is 30.2 Å². The molecule has 0 aliphatic carbocycles. The second-order valence-corrected chi connectivity index (χ2v) is 7.37. The normalized spacial score (nSPS) is 9.71. The molecule has 0 atom stereocenters. The Kier molecular flexibility index (Phi) is 19.0. The molecule has 0 aliphatic heterocycles. The van der Waals surface area contributed by atoms with Crippen LogP contribution in [0, 0.1) is 18.3 Å². The molecule has 0 fully saturated rings. The minimum Gasteiger partial charge on any atom is -0.214 e. The van der Waals surface area contributed by atoms with Gasteiger partial charge in [0.05, 0.1) is 0 Å². The van der Waals surface area contributed by atoms with Gasteiger partial charge in [0, 0.05) is 0 Å². The molecular weight excluding hydrogens is 430 g/mol. The van der Waals surface area contributed by atoms with Gasteiger partial charge in [-0.1, -0.05) is 53.9 Å². The average molecular weight is 463 g/mol. The Bertz CT molecular complexity index is 479. The van der Waals surface area contributed by atoms with E-state index in [1.807, 2.05) is 37.2 Å². The maximum atomic E-state index is 2.40. The van der Waals surface area contributed by atoms with Crippen molar-refractivity contribution in [2.75, 3.05) is 0 Å². The molecule has 2 aromatic carbocycles. The molecule has 24 heavy (non-hydrogen) atoms. The first-order valence-corrected chi connectivity index (χ1v) is 14.0. The van der Waals surface area contributed by atoms with Crippen LogP contribution in [0.25, 0.3) is 0 Å². The van der Waals surface area contributed by atoms with Crippen LogP contribution in [0.5, 0.6) is 0 Å². The maximum absolute atomic E-state index is 2.40. The number of halogens is 2. The van der Waals surface area contributed by atoms with E-state index in [0.29, 0.717) is 5.41 Å². The number of hydrogen-bond donors (Lipinski definition) is 0. The number of hydrogen-bond acceptors (Lipinski definition) is 0. The van der Waals surface area contributed by atoms with Gasteiger partial charge in [-0.3, -0.25) is 0 Å². The Balaban J connectivity index is -0.000000415.